The van der Waals surface area contributed by atoms with Crippen molar-refractivity contribution in [3.63, 3.8) is 0 Å². The van der Waals surface area contributed by atoms with Crippen molar-refractivity contribution in [2.45, 2.75) is 20.4 Å². The molecule has 0 bridgehead atoms. The molecule has 0 spiro atoms. The minimum Gasteiger partial charge on any atom is -0.496 e. The Kier molecular flexibility index (Phi) is 4.19. The zero-order valence-electron chi connectivity index (χ0n) is 10.0. The Morgan fingerprint density at radius 3 is 2.62 bits per heavy atom. The van der Waals surface area contributed by atoms with Crippen LogP contribution in [0.15, 0.2) is 12.1 Å². The molecule has 0 fully saturated rings. The van der Waals surface area contributed by atoms with Crippen LogP contribution in [0.3, 0.4) is 0 Å². The van der Waals surface area contributed by atoms with Crippen molar-refractivity contribution >= 4 is 17.5 Å². The van der Waals surface area contributed by atoms with Crippen LogP contribution >= 0.6 is 11.6 Å². The van der Waals surface area contributed by atoms with Crippen LogP contribution in [0.1, 0.15) is 18.1 Å². The molecule has 0 saturated heterocycles. The fraction of sp³-hybridized carbons (Fsp3) is 0.417. The van der Waals surface area contributed by atoms with E-state index in [0.29, 0.717) is 11.6 Å². The van der Waals surface area contributed by atoms with Crippen molar-refractivity contribution in [1.82, 2.24) is 4.90 Å². The number of aryl methyl sites for hydroxylation is 1. The average molecular weight is 242 g/mol. The van der Waals surface area contributed by atoms with Crippen molar-refractivity contribution in [3.8, 4) is 5.75 Å². The molecule has 88 valence electrons. The van der Waals surface area contributed by atoms with Crippen LogP contribution in [0.2, 0.25) is 5.02 Å². The largest absolute Gasteiger partial charge is 0.496 e. The second kappa shape index (κ2) is 5.21. The van der Waals surface area contributed by atoms with Gasteiger partial charge in [0.2, 0.25) is 5.91 Å². The number of carbonyl (C=O) groups excluding carboxylic acids is 1. The SMILES string of the molecule is COc1cc(C)c(Cl)cc1CN(C)C(C)=O. The van der Waals surface area contributed by atoms with Crippen LogP contribution in [-0.4, -0.2) is 25.0 Å². The minimum absolute atomic E-state index is 0.0127. The highest BCUT2D eigenvalue weighted by Gasteiger charge is 2.10. The Balaban J connectivity index is 3.03. The van der Waals surface area contributed by atoms with Gasteiger partial charge in [0.15, 0.2) is 0 Å². The van der Waals surface area contributed by atoms with Crippen LogP contribution in [-0.2, 0) is 11.3 Å². The molecule has 0 aromatic heterocycles. The molecule has 0 unspecified atom stereocenters. The number of rotatable bonds is 3. The summed E-state index contributed by atoms with van der Waals surface area (Å²) in [4.78, 5) is 12.8. The molecule has 0 aliphatic heterocycles. The highest BCUT2D eigenvalue weighted by Crippen LogP contribution is 2.27. The second-order valence-electron chi connectivity index (χ2n) is 3.79. The Hall–Kier alpha value is -1.22. The monoisotopic (exact) mass is 241 g/mol. The third kappa shape index (κ3) is 2.89. The summed E-state index contributed by atoms with van der Waals surface area (Å²) in [5.41, 5.74) is 1.88. The lowest BCUT2D eigenvalue weighted by atomic mass is 10.1. The average Bonchev–Trinajstić information content (AvgIpc) is 2.22. The number of halogens is 1. The number of nitrogens with zero attached hydrogens (tertiary/aromatic N) is 1. The molecule has 0 aliphatic carbocycles. The first-order valence-electron chi connectivity index (χ1n) is 5.00. The molecule has 0 saturated carbocycles. The summed E-state index contributed by atoms with van der Waals surface area (Å²) in [6.45, 7) is 3.95. The highest BCUT2D eigenvalue weighted by molar-refractivity contribution is 6.31. The fourth-order valence-corrected chi connectivity index (χ4v) is 1.56. The van der Waals surface area contributed by atoms with E-state index < -0.39 is 0 Å². The third-order valence-corrected chi connectivity index (χ3v) is 2.91. The summed E-state index contributed by atoms with van der Waals surface area (Å²) < 4.78 is 5.27. The lowest BCUT2D eigenvalue weighted by Crippen LogP contribution is -2.23. The first-order chi connectivity index (χ1) is 7.45. The topological polar surface area (TPSA) is 29.5 Å². The normalized spacial score (nSPS) is 10.1. The van der Waals surface area contributed by atoms with E-state index in [9.17, 15) is 4.79 Å². The van der Waals surface area contributed by atoms with Gasteiger partial charge in [-0.15, -0.1) is 0 Å². The molecule has 0 aliphatic rings. The number of hydrogen-bond donors (Lipinski definition) is 0. The van der Waals surface area contributed by atoms with Crippen LogP contribution in [0, 0.1) is 6.92 Å². The molecular weight excluding hydrogens is 226 g/mol. The van der Waals surface area contributed by atoms with E-state index in [-0.39, 0.29) is 5.91 Å². The third-order valence-electron chi connectivity index (χ3n) is 2.51. The van der Waals surface area contributed by atoms with E-state index in [1.54, 1.807) is 19.1 Å². The van der Waals surface area contributed by atoms with Gasteiger partial charge in [0.05, 0.1) is 7.11 Å². The Bertz CT molecular complexity index is 404. The molecule has 1 amide bonds. The van der Waals surface area contributed by atoms with E-state index in [1.807, 2.05) is 19.1 Å². The maximum absolute atomic E-state index is 11.2. The van der Waals surface area contributed by atoms with E-state index >= 15 is 0 Å². The second-order valence-corrected chi connectivity index (χ2v) is 4.20. The van der Waals surface area contributed by atoms with Gasteiger partial charge in [-0.1, -0.05) is 11.6 Å². The number of hydrogen-bond acceptors (Lipinski definition) is 2. The predicted octanol–water partition coefficient (Wildman–Crippen LogP) is 2.64. The Morgan fingerprint density at radius 2 is 2.12 bits per heavy atom. The van der Waals surface area contributed by atoms with Gasteiger partial charge in [0.25, 0.3) is 0 Å². The summed E-state index contributed by atoms with van der Waals surface area (Å²) in [6, 6.07) is 3.72. The van der Waals surface area contributed by atoms with Crippen molar-refractivity contribution in [2.24, 2.45) is 0 Å². The quantitative estimate of drug-likeness (QED) is 0.814. The standard InChI is InChI=1S/C12H16ClNO2/c1-8-5-12(16-4)10(6-11(8)13)7-14(3)9(2)15/h5-6H,7H2,1-4H3. The first-order valence-corrected chi connectivity index (χ1v) is 5.38. The molecule has 0 heterocycles. The molecular formula is C12H16ClNO2. The fourth-order valence-electron chi connectivity index (χ4n) is 1.38. The molecule has 0 atom stereocenters. The van der Waals surface area contributed by atoms with Gasteiger partial charge in [0.1, 0.15) is 5.75 Å². The van der Waals surface area contributed by atoms with Crippen LogP contribution in [0.25, 0.3) is 0 Å². The summed E-state index contributed by atoms with van der Waals surface area (Å²) in [7, 11) is 3.36. The zero-order valence-corrected chi connectivity index (χ0v) is 10.8. The maximum Gasteiger partial charge on any atom is 0.219 e. The van der Waals surface area contributed by atoms with Crippen LogP contribution in [0.4, 0.5) is 0 Å². The van der Waals surface area contributed by atoms with E-state index in [0.717, 1.165) is 16.9 Å². The number of amides is 1. The van der Waals surface area contributed by atoms with Crippen LogP contribution < -0.4 is 4.74 Å². The van der Waals surface area contributed by atoms with Gasteiger partial charge in [-0.2, -0.15) is 0 Å². The van der Waals surface area contributed by atoms with Gasteiger partial charge >= 0.3 is 0 Å². The lowest BCUT2D eigenvalue weighted by molar-refractivity contribution is -0.128. The summed E-state index contributed by atoms with van der Waals surface area (Å²) in [5.74, 6) is 0.772. The Morgan fingerprint density at radius 1 is 1.50 bits per heavy atom. The van der Waals surface area contributed by atoms with Crippen molar-refractivity contribution in [3.05, 3.63) is 28.3 Å². The van der Waals surface area contributed by atoms with Crippen molar-refractivity contribution < 1.29 is 9.53 Å². The molecule has 1 aromatic carbocycles. The van der Waals surface area contributed by atoms with E-state index in [4.69, 9.17) is 16.3 Å². The number of carbonyl (C=O) groups is 1. The van der Waals surface area contributed by atoms with E-state index in [2.05, 4.69) is 0 Å². The summed E-state index contributed by atoms with van der Waals surface area (Å²) >= 11 is 6.05. The van der Waals surface area contributed by atoms with Crippen molar-refractivity contribution in [1.29, 1.82) is 0 Å². The van der Waals surface area contributed by atoms with Gasteiger partial charge in [0, 0.05) is 31.1 Å². The highest BCUT2D eigenvalue weighted by atomic mass is 35.5. The summed E-state index contributed by atoms with van der Waals surface area (Å²) in [6.07, 6.45) is 0. The molecule has 4 heteroatoms. The van der Waals surface area contributed by atoms with Crippen molar-refractivity contribution in [2.75, 3.05) is 14.2 Å². The van der Waals surface area contributed by atoms with E-state index in [1.165, 1.54) is 6.92 Å². The molecule has 1 rings (SSSR count). The first kappa shape index (κ1) is 12.8. The Labute approximate surface area is 101 Å². The van der Waals surface area contributed by atoms with Gasteiger partial charge in [-0.3, -0.25) is 4.79 Å². The van der Waals surface area contributed by atoms with Gasteiger partial charge in [-0.25, -0.2) is 0 Å². The summed E-state index contributed by atoms with van der Waals surface area (Å²) in [5, 5.41) is 0.688. The molecule has 0 N–H and O–H groups in total. The maximum atomic E-state index is 11.2. The smallest absolute Gasteiger partial charge is 0.219 e. The predicted molar refractivity (Wildman–Crippen MR) is 64.9 cm³/mol. The van der Waals surface area contributed by atoms with Gasteiger partial charge < -0.3 is 9.64 Å². The molecule has 16 heavy (non-hydrogen) atoms. The van der Waals surface area contributed by atoms with Gasteiger partial charge in [-0.05, 0) is 24.6 Å². The molecule has 3 nitrogen and oxygen atoms in total. The minimum atomic E-state index is 0.0127. The number of methoxy groups -OCH3 is 1. The molecule has 0 radical (unpaired) electrons. The zero-order chi connectivity index (χ0) is 12.3. The lowest BCUT2D eigenvalue weighted by Gasteiger charge is -2.17. The number of ether oxygens (including phenoxy) is 1. The molecule has 1 aromatic rings. The number of benzene rings is 1. The van der Waals surface area contributed by atoms with Crippen LogP contribution in [0.5, 0.6) is 5.75 Å².